The zero-order valence-electron chi connectivity index (χ0n) is 17.4. The number of methoxy groups -OCH3 is 1. The lowest BCUT2D eigenvalue weighted by molar-refractivity contribution is -0.153. The minimum atomic E-state index is -4.90. The van der Waals surface area contributed by atoms with E-state index in [-0.39, 0.29) is 23.5 Å². The lowest BCUT2D eigenvalue weighted by atomic mass is 10.1. The largest absolute Gasteiger partial charge is 0.469 e. The van der Waals surface area contributed by atoms with Crippen LogP contribution in [0.5, 0.6) is 0 Å². The van der Waals surface area contributed by atoms with Crippen LogP contribution in [0.2, 0.25) is 0 Å². The van der Waals surface area contributed by atoms with Crippen molar-refractivity contribution in [2.24, 2.45) is 5.92 Å². The molecule has 3 heterocycles. The lowest BCUT2D eigenvalue weighted by Crippen LogP contribution is -2.24. The average molecular weight is 460 g/mol. The fourth-order valence-electron chi connectivity index (χ4n) is 3.54. The number of carbonyl (C=O) groups is 2. The first kappa shape index (κ1) is 22.3. The summed E-state index contributed by atoms with van der Waals surface area (Å²) in [5.74, 6) is -2.82. The third-order valence-electron chi connectivity index (χ3n) is 5.17. The van der Waals surface area contributed by atoms with E-state index >= 15 is 0 Å². The highest BCUT2D eigenvalue weighted by atomic mass is 19.4. The third kappa shape index (κ3) is 4.81. The molecule has 0 bridgehead atoms. The highest BCUT2D eigenvalue weighted by Gasteiger charge is 2.42. The molecule has 1 aliphatic rings. The van der Waals surface area contributed by atoms with Gasteiger partial charge in [0.2, 0.25) is 11.7 Å². The Morgan fingerprint density at radius 2 is 1.94 bits per heavy atom. The lowest BCUT2D eigenvalue weighted by Gasteiger charge is -2.17. The number of nitrogens with zero attached hydrogens (tertiary/aromatic N) is 3. The van der Waals surface area contributed by atoms with Gasteiger partial charge in [-0.05, 0) is 30.7 Å². The predicted molar refractivity (Wildman–Crippen MR) is 111 cm³/mol. The zero-order valence-corrected chi connectivity index (χ0v) is 17.4. The summed E-state index contributed by atoms with van der Waals surface area (Å²) in [7, 11) is 1.34. The number of oxazole rings is 1. The average Bonchev–Trinajstić information content (AvgIpc) is 3.48. The maximum Gasteiger partial charge on any atom is 0.452 e. The quantitative estimate of drug-likeness (QED) is 0.575. The molecule has 11 heteroatoms. The highest BCUT2D eigenvalue weighted by Crippen LogP contribution is 2.35. The van der Waals surface area contributed by atoms with Crippen LogP contribution in [0.4, 0.5) is 24.7 Å². The highest BCUT2D eigenvalue weighted by molar-refractivity contribution is 6.04. The molecule has 0 saturated carbocycles. The number of anilines is 2. The van der Waals surface area contributed by atoms with Gasteiger partial charge in [-0.25, -0.2) is 9.97 Å². The number of rotatable bonds is 5. The summed E-state index contributed by atoms with van der Waals surface area (Å²) in [6, 6.07) is 11.1. The van der Waals surface area contributed by atoms with Crippen LogP contribution in [0.1, 0.15) is 22.7 Å². The Morgan fingerprint density at radius 3 is 2.58 bits per heavy atom. The van der Waals surface area contributed by atoms with Gasteiger partial charge in [0.25, 0.3) is 5.91 Å². The van der Waals surface area contributed by atoms with Gasteiger partial charge in [0.1, 0.15) is 5.82 Å². The molecule has 0 aliphatic carbocycles. The summed E-state index contributed by atoms with van der Waals surface area (Å²) in [6.45, 7) is 1.05. The van der Waals surface area contributed by atoms with Crippen molar-refractivity contribution in [2.45, 2.75) is 12.6 Å². The third-order valence-corrected chi connectivity index (χ3v) is 5.17. The van der Waals surface area contributed by atoms with Crippen molar-refractivity contribution in [3.8, 4) is 11.5 Å². The zero-order chi connectivity index (χ0) is 23.6. The second-order valence-corrected chi connectivity index (χ2v) is 7.37. The summed E-state index contributed by atoms with van der Waals surface area (Å²) in [4.78, 5) is 34.2. The number of nitrogens with one attached hydrogen (secondary N) is 1. The fraction of sp³-hybridized carbons (Fsp3) is 0.273. The van der Waals surface area contributed by atoms with E-state index in [1.165, 1.54) is 31.5 Å². The van der Waals surface area contributed by atoms with Gasteiger partial charge < -0.3 is 19.4 Å². The van der Waals surface area contributed by atoms with Gasteiger partial charge in [-0.3, -0.25) is 9.59 Å². The Morgan fingerprint density at radius 1 is 1.18 bits per heavy atom. The molecule has 172 valence electrons. The Hall–Kier alpha value is -3.89. The number of aromatic nitrogens is 2. The topological polar surface area (TPSA) is 97.6 Å². The van der Waals surface area contributed by atoms with Gasteiger partial charge in [-0.15, -0.1) is 0 Å². The number of carbonyl (C=O) groups excluding carboxylic acids is 2. The number of benzene rings is 1. The van der Waals surface area contributed by atoms with Gasteiger partial charge in [0, 0.05) is 18.7 Å². The van der Waals surface area contributed by atoms with Crippen molar-refractivity contribution in [2.75, 3.05) is 30.4 Å². The van der Waals surface area contributed by atoms with Crippen LogP contribution in [0.15, 0.2) is 53.1 Å². The molecular weight excluding hydrogens is 441 g/mol. The molecule has 1 aliphatic heterocycles. The molecule has 8 nitrogen and oxygen atoms in total. The summed E-state index contributed by atoms with van der Waals surface area (Å²) in [5.41, 5.74) is -0.375. The summed E-state index contributed by atoms with van der Waals surface area (Å²) in [5, 5.41) is 2.37. The molecule has 1 aromatic carbocycles. The van der Waals surface area contributed by atoms with Gasteiger partial charge >= 0.3 is 12.1 Å². The molecule has 1 saturated heterocycles. The van der Waals surface area contributed by atoms with Crippen molar-refractivity contribution < 1.29 is 31.9 Å². The minimum Gasteiger partial charge on any atom is -0.469 e. The Balaban J connectivity index is 1.50. The number of ether oxygens (including phenoxy) is 1. The van der Waals surface area contributed by atoms with Crippen LogP contribution < -0.4 is 10.2 Å². The number of halogens is 3. The standard InChI is InChI=1S/C22H19F3N4O4/c1-32-21(31)14-9-10-29(12-14)16-8-7-15(11-26-16)27-19(30)17-18(22(23,24)25)33-20(28-17)13-5-3-2-4-6-13/h2-8,11,14H,9-10,12H2,1H3,(H,27,30). The van der Waals surface area contributed by atoms with Crippen molar-refractivity contribution >= 4 is 23.4 Å². The molecule has 1 N–H and O–H groups in total. The Labute approximate surface area is 186 Å². The maximum absolute atomic E-state index is 13.5. The molecule has 33 heavy (non-hydrogen) atoms. The number of hydrogen-bond donors (Lipinski definition) is 1. The summed E-state index contributed by atoms with van der Waals surface area (Å²) in [6.07, 6.45) is -2.95. The van der Waals surface area contributed by atoms with Crippen LogP contribution in [-0.2, 0) is 15.7 Å². The van der Waals surface area contributed by atoms with Gasteiger partial charge in [0.15, 0.2) is 5.69 Å². The first-order chi connectivity index (χ1) is 15.8. The van der Waals surface area contributed by atoms with E-state index in [0.717, 1.165) is 0 Å². The van der Waals surface area contributed by atoms with Crippen LogP contribution in [0, 0.1) is 5.92 Å². The van der Waals surface area contributed by atoms with Crippen molar-refractivity contribution in [1.29, 1.82) is 0 Å². The molecular formula is C22H19F3N4O4. The number of pyridine rings is 1. The van der Waals surface area contributed by atoms with Crippen molar-refractivity contribution in [3.05, 3.63) is 60.1 Å². The first-order valence-electron chi connectivity index (χ1n) is 10.00. The normalized spacial score (nSPS) is 16.0. The second kappa shape index (κ2) is 8.93. The number of esters is 1. The predicted octanol–water partition coefficient (Wildman–Crippen LogP) is 4.01. The summed E-state index contributed by atoms with van der Waals surface area (Å²) >= 11 is 0. The minimum absolute atomic E-state index is 0.185. The van der Waals surface area contributed by atoms with Crippen LogP contribution in [0.3, 0.4) is 0 Å². The first-order valence-corrected chi connectivity index (χ1v) is 10.00. The second-order valence-electron chi connectivity index (χ2n) is 7.37. The van der Waals surface area contributed by atoms with Crippen LogP contribution in [-0.4, -0.2) is 42.0 Å². The Bertz CT molecular complexity index is 1150. The van der Waals surface area contributed by atoms with Crippen molar-refractivity contribution in [3.63, 3.8) is 0 Å². The van der Waals surface area contributed by atoms with E-state index in [1.54, 1.807) is 24.3 Å². The van der Waals surface area contributed by atoms with Crippen LogP contribution >= 0.6 is 0 Å². The molecule has 1 fully saturated rings. The molecule has 0 spiro atoms. The van der Waals surface area contributed by atoms with Crippen molar-refractivity contribution in [1.82, 2.24) is 9.97 Å². The maximum atomic E-state index is 13.5. The van der Waals surface area contributed by atoms with Gasteiger partial charge in [-0.1, -0.05) is 18.2 Å². The SMILES string of the molecule is COC(=O)C1CCN(c2ccc(NC(=O)c3nc(-c4ccccc4)oc3C(F)(F)F)cn2)C1. The molecule has 4 rings (SSSR count). The number of hydrogen-bond acceptors (Lipinski definition) is 7. The van der Waals surface area contributed by atoms with E-state index in [2.05, 4.69) is 15.3 Å². The Kier molecular flexibility index (Phi) is 6.03. The summed E-state index contributed by atoms with van der Waals surface area (Å²) < 4.78 is 50.0. The fourth-order valence-corrected chi connectivity index (χ4v) is 3.54. The molecule has 1 atom stereocenters. The van der Waals surface area contributed by atoms with E-state index in [1.807, 2.05) is 4.90 Å². The van der Waals surface area contributed by atoms with Crippen LogP contribution in [0.25, 0.3) is 11.5 Å². The molecule has 3 aromatic rings. The van der Waals surface area contributed by atoms with Gasteiger partial charge in [0.05, 0.1) is 24.9 Å². The van der Waals surface area contributed by atoms with Gasteiger partial charge in [-0.2, -0.15) is 13.2 Å². The molecule has 2 aromatic heterocycles. The monoisotopic (exact) mass is 460 g/mol. The number of alkyl halides is 3. The van der Waals surface area contributed by atoms with E-state index in [4.69, 9.17) is 9.15 Å². The smallest absolute Gasteiger partial charge is 0.452 e. The molecule has 1 unspecified atom stereocenters. The molecule has 1 amide bonds. The van der Waals surface area contributed by atoms with E-state index in [0.29, 0.717) is 30.9 Å². The number of amides is 1. The van der Waals surface area contributed by atoms with E-state index < -0.39 is 23.5 Å². The molecule has 0 radical (unpaired) electrons. The van der Waals surface area contributed by atoms with E-state index in [9.17, 15) is 22.8 Å².